The topological polar surface area (TPSA) is 119 Å². The van der Waals surface area contributed by atoms with Gasteiger partial charge in [0.05, 0.1) is 36.6 Å². The Morgan fingerprint density at radius 2 is 1.77 bits per heavy atom. The minimum Gasteiger partial charge on any atom is -0.490 e. The molecule has 1 aromatic carbocycles. The molecule has 0 radical (unpaired) electrons. The van der Waals surface area contributed by atoms with Gasteiger partial charge in [0.15, 0.2) is 16.9 Å². The monoisotopic (exact) mass is 481 g/mol. The predicted octanol–water partition coefficient (Wildman–Crippen LogP) is 3.60. The van der Waals surface area contributed by atoms with Crippen molar-refractivity contribution in [2.24, 2.45) is 17.1 Å². The van der Waals surface area contributed by atoms with Gasteiger partial charge < -0.3 is 20.1 Å². The van der Waals surface area contributed by atoms with Gasteiger partial charge in [-0.2, -0.15) is 15.8 Å². The van der Waals surface area contributed by atoms with Crippen LogP contribution in [0.5, 0.6) is 11.5 Å². The molecule has 3 rings (SSSR count). The van der Waals surface area contributed by atoms with Crippen molar-refractivity contribution >= 4 is 15.9 Å². The van der Waals surface area contributed by atoms with E-state index in [1.165, 1.54) is 0 Å². The zero-order valence-electron chi connectivity index (χ0n) is 17.8. The maximum atomic E-state index is 10.2. The third-order valence-electron chi connectivity index (χ3n) is 5.84. The van der Waals surface area contributed by atoms with Gasteiger partial charge in [0.1, 0.15) is 6.07 Å². The summed E-state index contributed by atoms with van der Waals surface area (Å²) in [5.41, 5.74) is 6.45. The molecule has 2 N–H and O–H groups in total. The van der Waals surface area contributed by atoms with E-state index in [0.717, 1.165) is 11.1 Å². The lowest BCUT2D eigenvalue weighted by atomic mass is 9.58. The Balaban J connectivity index is 2.34. The second-order valence-corrected chi connectivity index (χ2v) is 8.44. The fourth-order valence-corrected chi connectivity index (χ4v) is 5.06. The van der Waals surface area contributed by atoms with E-state index < -0.39 is 11.3 Å². The smallest absolute Gasteiger partial charge is 0.191 e. The van der Waals surface area contributed by atoms with Crippen molar-refractivity contribution in [3.05, 3.63) is 45.1 Å². The highest BCUT2D eigenvalue weighted by molar-refractivity contribution is 9.10. The number of nitriles is 3. The number of nitrogens with zero attached hydrogens (tertiary/aromatic N) is 4. The summed E-state index contributed by atoms with van der Waals surface area (Å²) in [4.78, 5) is 2.10. The first-order chi connectivity index (χ1) is 14.9. The molecule has 0 fully saturated rings. The summed E-state index contributed by atoms with van der Waals surface area (Å²) in [6.07, 6.45) is 1.97. The number of benzene rings is 1. The molecule has 0 amide bonds. The molecule has 0 saturated carbocycles. The van der Waals surface area contributed by atoms with Crippen molar-refractivity contribution in [2.75, 3.05) is 33.4 Å². The van der Waals surface area contributed by atoms with Crippen molar-refractivity contribution in [1.82, 2.24) is 4.90 Å². The van der Waals surface area contributed by atoms with Gasteiger partial charge in [0, 0.05) is 29.4 Å². The molecule has 1 aliphatic heterocycles. The lowest BCUT2D eigenvalue weighted by molar-refractivity contribution is 0.236. The first-order valence-electron chi connectivity index (χ1n) is 10.1. The van der Waals surface area contributed by atoms with E-state index in [-0.39, 0.29) is 17.2 Å². The molecular formula is C23H24BrN5O2. The van der Waals surface area contributed by atoms with Crippen LogP contribution in [0.15, 0.2) is 39.5 Å². The van der Waals surface area contributed by atoms with Crippen LogP contribution in [-0.2, 0) is 0 Å². The molecule has 160 valence electrons. The fraction of sp³-hybridized carbons (Fsp3) is 0.435. The molecule has 1 aromatic rings. The summed E-state index contributed by atoms with van der Waals surface area (Å²) in [7, 11) is 1.97. The molecule has 2 atom stereocenters. The Bertz CT molecular complexity index is 1060. The predicted molar refractivity (Wildman–Crippen MR) is 119 cm³/mol. The van der Waals surface area contributed by atoms with E-state index in [2.05, 4.69) is 39.0 Å². The third kappa shape index (κ3) is 3.65. The van der Waals surface area contributed by atoms with Crippen LogP contribution in [0.4, 0.5) is 0 Å². The molecule has 1 aliphatic carbocycles. The maximum Gasteiger partial charge on any atom is 0.191 e. The minimum atomic E-state index is -1.69. The SMILES string of the molecule is CCOc1cc(Br)c([C@H]2[C@H]3CN(C)CC=C3C(C#N)=C(N)C2(C#N)C#N)cc1OCC. The molecule has 0 bridgehead atoms. The molecule has 2 aliphatic rings. The second-order valence-electron chi connectivity index (χ2n) is 7.58. The number of fused-ring (bicyclic) bond motifs is 1. The summed E-state index contributed by atoms with van der Waals surface area (Å²) < 4.78 is 12.2. The van der Waals surface area contributed by atoms with Crippen LogP contribution < -0.4 is 15.2 Å². The molecular weight excluding hydrogens is 458 g/mol. The molecule has 1 heterocycles. The van der Waals surface area contributed by atoms with Crippen molar-refractivity contribution in [3.63, 3.8) is 0 Å². The number of likely N-dealkylation sites (N-methyl/N-ethyl adjacent to an activating group) is 1. The Morgan fingerprint density at radius 1 is 1.16 bits per heavy atom. The fourth-order valence-electron chi connectivity index (χ4n) is 4.49. The zero-order chi connectivity index (χ0) is 22.8. The quantitative estimate of drug-likeness (QED) is 0.681. The van der Waals surface area contributed by atoms with Crippen LogP contribution in [0.3, 0.4) is 0 Å². The molecule has 0 aromatic heterocycles. The summed E-state index contributed by atoms with van der Waals surface area (Å²) >= 11 is 3.62. The first kappa shape index (κ1) is 22.7. The molecule has 8 heteroatoms. The van der Waals surface area contributed by atoms with E-state index in [4.69, 9.17) is 15.2 Å². The number of allylic oxidation sites excluding steroid dienone is 2. The number of hydrogen-bond donors (Lipinski definition) is 1. The molecule has 0 spiro atoms. The van der Waals surface area contributed by atoms with Crippen LogP contribution >= 0.6 is 15.9 Å². The van der Waals surface area contributed by atoms with Crippen LogP contribution in [0, 0.1) is 45.3 Å². The highest BCUT2D eigenvalue weighted by atomic mass is 79.9. The van der Waals surface area contributed by atoms with Gasteiger partial charge in [-0.15, -0.1) is 0 Å². The summed E-state index contributed by atoms with van der Waals surface area (Å²) in [5.74, 6) is 0.255. The standard InChI is InChI=1S/C23H24BrN5O2/c1-4-30-19-8-15(18(24)9-20(19)31-5-2)21-17-11-29(3)7-6-14(17)16(10-25)22(28)23(21,12-26)13-27/h6,8-9,17,21H,4-5,7,11,28H2,1-3H3/t17-,21-/m0/s1. The van der Waals surface area contributed by atoms with E-state index in [9.17, 15) is 15.8 Å². The average Bonchev–Trinajstić information content (AvgIpc) is 2.76. The van der Waals surface area contributed by atoms with E-state index >= 15 is 0 Å². The van der Waals surface area contributed by atoms with Gasteiger partial charge in [0.25, 0.3) is 0 Å². The van der Waals surface area contributed by atoms with Gasteiger partial charge in [-0.3, -0.25) is 0 Å². The Morgan fingerprint density at radius 3 is 2.32 bits per heavy atom. The number of nitrogens with two attached hydrogens (primary N) is 1. The Labute approximate surface area is 191 Å². The molecule has 0 saturated heterocycles. The Hall–Kier alpha value is -2.99. The van der Waals surface area contributed by atoms with Crippen LogP contribution in [0.2, 0.25) is 0 Å². The summed E-state index contributed by atoms with van der Waals surface area (Å²) in [6, 6.07) is 10.1. The molecule has 0 unspecified atom stereocenters. The van der Waals surface area contributed by atoms with Crippen molar-refractivity contribution in [2.45, 2.75) is 19.8 Å². The average molecular weight is 482 g/mol. The van der Waals surface area contributed by atoms with Crippen LogP contribution in [-0.4, -0.2) is 38.3 Å². The van der Waals surface area contributed by atoms with E-state index in [1.807, 2.05) is 33.0 Å². The molecule has 7 nitrogen and oxygen atoms in total. The largest absolute Gasteiger partial charge is 0.490 e. The van der Waals surface area contributed by atoms with Crippen molar-refractivity contribution < 1.29 is 9.47 Å². The highest BCUT2D eigenvalue weighted by Gasteiger charge is 2.54. The van der Waals surface area contributed by atoms with Gasteiger partial charge in [-0.25, -0.2) is 0 Å². The zero-order valence-corrected chi connectivity index (χ0v) is 19.4. The highest BCUT2D eigenvalue weighted by Crippen LogP contribution is 2.56. The second kappa shape index (κ2) is 9.02. The van der Waals surface area contributed by atoms with E-state index in [1.54, 1.807) is 6.07 Å². The van der Waals surface area contributed by atoms with Crippen LogP contribution in [0.1, 0.15) is 25.3 Å². The number of ether oxygens (including phenoxy) is 2. The van der Waals surface area contributed by atoms with Gasteiger partial charge >= 0.3 is 0 Å². The number of halogens is 1. The van der Waals surface area contributed by atoms with Gasteiger partial charge in [-0.05, 0) is 44.2 Å². The van der Waals surface area contributed by atoms with Crippen LogP contribution in [0.25, 0.3) is 0 Å². The van der Waals surface area contributed by atoms with Crippen molar-refractivity contribution in [1.29, 1.82) is 15.8 Å². The third-order valence-corrected chi connectivity index (χ3v) is 6.53. The summed E-state index contributed by atoms with van der Waals surface area (Å²) in [6.45, 7) is 5.92. The van der Waals surface area contributed by atoms with Crippen molar-refractivity contribution in [3.8, 4) is 29.7 Å². The van der Waals surface area contributed by atoms with E-state index in [0.29, 0.717) is 42.3 Å². The maximum absolute atomic E-state index is 10.2. The molecule has 31 heavy (non-hydrogen) atoms. The van der Waals surface area contributed by atoms with Gasteiger partial charge in [0.2, 0.25) is 0 Å². The summed E-state index contributed by atoms with van der Waals surface area (Å²) in [5, 5.41) is 30.2. The minimum absolute atomic E-state index is 0.01000. The van der Waals surface area contributed by atoms with Gasteiger partial charge in [-0.1, -0.05) is 22.0 Å². The lowest BCUT2D eigenvalue weighted by Crippen LogP contribution is -2.47. The normalized spacial score (nSPS) is 22.4. The Kier molecular flexibility index (Phi) is 6.60. The lowest BCUT2D eigenvalue weighted by Gasteiger charge is -2.45. The first-order valence-corrected chi connectivity index (χ1v) is 10.9. The number of hydrogen-bond acceptors (Lipinski definition) is 7. The number of rotatable bonds is 5.